The van der Waals surface area contributed by atoms with E-state index < -0.39 is 6.03 Å². The van der Waals surface area contributed by atoms with Gasteiger partial charge in [-0.1, -0.05) is 18.2 Å². The predicted molar refractivity (Wildman–Crippen MR) is 99.0 cm³/mol. The molecule has 0 aliphatic heterocycles. The standard InChI is InChI=1S/C18H17N7O/c1-11-15(12-8-14-17(20-9-12)24(2)10-21-14)23-25(16(11)22-18(19)26)13-6-4-3-5-7-13/h3-10H,1-2H3,(H3,19,22,26). The molecule has 0 spiro atoms. The van der Waals surface area contributed by atoms with Crippen molar-refractivity contribution >= 4 is 23.0 Å². The number of benzene rings is 1. The van der Waals surface area contributed by atoms with Crippen molar-refractivity contribution in [3.63, 3.8) is 0 Å². The molecule has 3 N–H and O–H groups in total. The quantitative estimate of drug-likeness (QED) is 0.594. The molecule has 3 heterocycles. The highest BCUT2D eigenvalue weighted by Gasteiger charge is 2.19. The van der Waals surface area contributed by atoms with Crippen molar-refractivity contribution in [3.05, 3.63) is 54.5 Å². The average molecular weight is 347 g/mol. The van der Waals surface area contributed by atoms with Gasteiger partial charge in [0.1, 0.15) is 11.3 Å². The minimum Gasteiger partial charge on any atom is -0.351 e. The van der Waals surface area contributed by atoms with Crippen molar-refractivity contribution in [1.82, 2.24) is 24.3 Å². The Morgan fingerprint density at radius 3 is 2.69 bits per heavy atom. The molecular weight excluding hydrogens is 330 g/mol. The van der Waals surface area contributed by atoms with Gasteiger partial charge in [0.05, 0.1) is 17.7 Å². The number of nitrogens with one attached hydrogen (secondary N) is 1. The summed E-state index contributed by atoms with van der Waals surface area (Å²) in [5.74, 6) is 0.528. The van der Waals surface area contributed by atoms with E-state index in [1.807, 2.05) is 54.9 Å². The second-order valence-electron chi connectivity index (χ2n) is 5.98. The highest BCUT2D eigenvalue weighted by atomic mass is 16.2. The summed E-state index contributed by atoms with van der Waals surface area (Å²) in [4.78, 5) is 20.3. The fourth-order valence-electron chi connectivity index (χ4n) is 2.94. The van der Waals surface area contributed by atoms with Gasteiger partial charge in [0.2, 0.25) is 0 Å². The van der Waals surface area contributed by atoms with Crippen LogP contribution in [-0.2, 0) is 7.05 Å². The van der Waals surface area contributed by atoms with Gasteiger partial charge in [0.25, 0.3) is 0 Å². The molecule has 2 amide bonds. The minimum absolute atomic E-state index is 0.528. The summed E-state index contributed by atoms with van der Waals surface area (Å²) in [7, 11) is 1.90. The molecule has 0 aliphatic rings. The summed E-state index contributed by atoms with van der Waals surface area (Å²) in [6.45, 7) is 1.88. The van der Waals surface area contributed by atoms with E-state index in [0.29, 0.717) is 11.5 Å². The number of carbonyl (C=O) groups excluding carboxylic acids is 1. The number of carbonyl (C=O) groups is 1. The van der Waals surface area contributed by atoms with E-state index >= 15 is 0 Å². The Bertz CT molecular complexity index is 1110. The third-order valence-electron chi connectivity index (χ3n) is 4.19. The van der Waals surface area contributed by atoms with Crippen LogP contribution in [0.15, 0.2) is 48.9 Å². The van der Waals surface area contributed by atoms with E-state index in [1.165, 1.54) is 0 Å². The molecule has 0 atom stereocenters. The van der Waals surface area contributed by atoms with Crippen LogP contribution in [0, 0.1) is 6.92 Å². The Morgan fingerprint density at radius 2 is 1.96 bits per heavy atom. The lowest BCUT2D eigenvalue weighted by molar-refractivity contribution is 0.259. The van der Waals surface area contributed by atoms with Gasteiger partial charge in [-0.25, -0.2) is 19.4 Å². The third kappa shape index (κ3) is 2.57. The summed E-state index contributed by atoms with van der Waals surface area (Å²) in [6.07, 6.45) is 3.47. The maximum Gasteiger partial charge on any atom is 0.317 e. The first kappa shape index (κ1) is 15.8. The van der Waals surface area contributed by atoms with Gasteiger partial charge < -0.3 is 10.3 Å². The van der Waals surface area contributed by atoms with Crippen molar-refractivity contribution in [2.24, 2.45) is 12.8 Å². The molecule has 0 saturated heterocycles. The first-order valence-corrected chi connectivity index (χ1v) is 8.03. The van der Waals surface area contributed by atoms with Crippen molar-refractivity contribution < 1.29 is 4.79 Å². The highest BCUT2D eigenvalue weighted by Crippen LogP contribution is 2.31. The first-order chi connectivity index (χ1) is 12.5. The predicted octanol–water partition coefficient (Wildman–Crippen LogP) is 2.62. The summed E-state index contributed by atoms with van der Waals surface area (Å²) in [6, 6.07) is 10.8. The molecule has 0 radical (unpaired) electrons. The molecule has 8 heteroatoms. The van der Waals surface area contributed by atoms with Crippen molar-refractivity contribution in [3.8, 4) is 16.9 Å². The smallest absolute Gasteiger partial charge is 0.317 e. The molecule has 0 aliphatic carbocycles. The lowest BCUT2D eigenvalue weighted by Crippen LogP contribution is -2.21. The number of hydrogen-bond acceptors (Lipinski definition) is 4. The molecule has 26 heavy (non-hydrogen) atoms. The van der Waals surface area contributed by atoms with Gasteiger partial charge in [0.15, 0.2) is 5.65 Å². The summed E-state index contributed by atoms with van der Waals surface area (Å²) in [5.41, 5.74) is 10.1. The number of para-hydroxylation sites is 1. The maximum absolute atomic E-state index is 11.5. The van der Waals surface area contributed by atoms with Crippen LogP contribution in [0.25, 0.3) is 28.1 Å². The van der Waals surface area contributed by atoms with E-state index in [9.17, 15) is 4.79 Å². The number of hydrogen-bond donors (Lipinski definition) is 2. The lowest BCUT2D eigenvalue weighted by atomic mass is 10.1. The van der Waals surface area contributed by atoms with Crippen LogP contribution in [0.1, 0.15) is 5.56 Å². The molecule has 4 rings (SSSR count). The number of imidazole rings is 1. The van der Waals surface area contributed by atoms with Crippen LogP contribution in [-0.4, -0.2) is 30.3 Å². The fourth-order valence-corrected chi connectivity index (χ4v) is 2.94. The van der Waals surface area contributed by atoms with Crippen molar-refractivity contribution in [1.29, 1.82) is 0 Å². The van der Waals surface area contributed by atoms with E-state index in [2.05, 4.69) is 20.4 Å². The SMILES string of the molecule is Cc1c(-c2cnc3c(c2)ncn3C)nn(-c2ccccc2)c1NC(N)=O. The fraction of sp³-hybridized carbons (Fsp3) is 0.111. The van der Waals surface area contributed by atoms with Crippen LogP contribution in [0.2, 0.25) is 0 Å². The van der Waals surface area contributed by atoms with Crippen molar-refractivity contribution in [2.75, 3.05) is 5.32 Å². The Morgan fingerprint density at radius 1 is 1.19 bits per heavy atom. The number of amides is 2. The normalized spacial score (nSPS) is 11.0. The Kier molecular flexibility index (Phi) is 3.65. The summed E-state index contributed by atoms with van der Waals surface area (Å²) < 4.78 is 3.52. The van der Waals surface area contributed by atoms with E-state index in [4.69, 9.17) is 5.73 Å². The topological polar surface area (TPSA) is 104 Å². The Balaban J connectivity index is 1.90. The number of pyridine rings is 1. The number of urea groups is 1. The van der Waals surface area contributed by atoms with Crippen LogP contribution >= 0.6 is 0 Å². The molecule has 0 saturated carbocycles. The number of aryl methyl sites for hydroxylation is 1. The highest BCUT2D eigenvalue weighted by molar-refractivity contribution is 5.90. The molecule has 1 aromatic carbocycles. The van der Waals surface area contributed by atoms with E-state index in [1.54, 1.807) is 17.2 Å². The molecule has 8 nitrogen and oxygen atoms in total. The number of rotatable bonds is 3. The Labute approximate surface area is 149 Å². The van der Waals surface area contributed by atoms with Gasteiger partial charge in [0, 0.05) is 24.4 Å². The van der Waals surface area contributed by atoms with Crippen LogP contribution in [0.3, 0.4) is 0 Å². The van der Waals surface area contributed by atoms with Gasteiger partial charge in [-0.05, 0) is 25.1 Å². The second-order valence-corrected chi connectivity index (χ2v) is 5.98. The van der Waals surface area contributed by atoms with Crippen LogP contribution < -0.4 is 11.1 Å². The van der Waals surface area contributed by atoms with Crippen LogP contribution in [0.5, 0.6) is 0 Å². The number of nitrogens with zero attached hydrogens (tertiary/aromatic N) is 5. The zero-order valence-electron chi connectivity index (χ0n) is 14.3. The molecule has 130 valence electrons. The summed E-state index contributed by atoms with van der Waals surface area (Å²) in [5, 5.41) is 7.36. The van der Waals surface area contributed by atoms with Gasteiger partial charge >= 0.3 is 6.03 Å². The molecule has 4 aromatic rings. The molecule has 0 unspecified atom stereocenters. The van der Waals surface area contributed by atoms with Crippen molar-refractivity contribution in [2.45, 2.75) is 6.92 Å². The van der Waals surface area contributed by atoms with E-state index in [-0.39, 0.29) is 0 Å². The Hall–Kier alpha value is -3.68. The molecule has 0 fully saturated rings. The zero-order chi connectivity index (χ0) is 18.3. The average Bonchev–Trinajstić information content (AvgIpc) is 3.16. The minimum atomic E-state index is -0.643. The summed E-state index contributed by atoms with van der Waals surface area (Å²) >= 11 is 0. The second kappa shape index (κ2) is 5.99. The number of fused-ring (bicyclic) bond motifs is 1. The maximum atomic E-state index is 11.5. The van der Waals surface area contributed by atoms with Gasteiger partial charge in [-0.2, -0.15) is 5.10 Å². The number of primary amides is 1. The zero-order valence-corrected chi connectivity index (χ0v) is 14.3. The largest absolute Gasteiger partial charge is 0.351 e. The van der Waals surface area contributed by atoms with Crippen LogP contribution in [0.4, 0.5) is 10.6 Å². The molecular formula is C18H17N7O. The third-order valence-corrected chi connectivity index (χ3v) is 4.19. The number of anilines is 1. The van der Waals surface area contributed by atoms with E-state index in [0.717, 1.165) is 28.0 Å². The molecule has 3 aromatic heterocycles. The monoisotopic (exact) mass is 347 g/mol. The van der Waals surface area contributed by atoms with Gasteiger partial charge in [-0.15, -0.1) is 0 Å². The lowest BCUT2D eigenvalue weighted by Gasteiger charge is -2.07. The van der Waals surface area contributed by atoms with Gasteiger partial charge in [-0.3, -0.25) is 5.32 Å². The molecule has 0 bridgehead atoms. The first-order valence-electron chi connectivity index (χ1n) is 8.03. The number of nitrogens with two attached hydrogens (primary N) is 1. The number of aromatic nitrogens is 5.